The van der Waals surface area contributed by atoms with Crippen molar-refractivity contribution in [3.05, 3.63) is 0 Å². The zero-order valence-electron chi connectivity index (χ0n) is 7.37. The van der Waals surface area contributed by atoms with Crippen LogP contribution in [0.15, 0.2) is 0 Å². The number of hydrogen-bond donors (Lipinski definition) is 0. The van der Waals surface area contributed by atoms with Gasteiger partial charge in [-0.2, -0.15) is 5.26 Å². The van der Waals surface area contributed by atoms with Gasteiger partial charge in [0.25, 0.3) is 0 Å². The molecule has 0 heterocycles. The quantitative estimate of drug-likeness (QED) is 0.665. The second kappa shape index (κ2) is 2.74. The summed E-state index contributed by atoms with van der Waals surface area (Å²) in [6, 6.07) is 1.90. The first-order chi connectivity index (χ1) is 5.39. The normalized spacial score (nSPS) is 22.8. The van der Waals surface area contributed by atoms with Gasteiger partial charge < -0.3 is 0 Å². The average molecular weight is 187 g/mol. The molecule has 0 radical (unpaired) electrons. The van der Waals surface area contributed by atoms with Crippen LogP contribution in [-0.2, 0) is 9.84 Å². The van der Waals surface area contributed by atoms with Gasteiger partial charge in [-0.3, -0.25) is 0 Å². The molecule has 0 saturated heterocycles. The van der Waals surface area contributed by atoms with E-state index in [0.717, 1.165) is 19.1 Å². The van der Waals surface area contributed by atoms with Gasteiger partial charge in [-0.05, 0) is 19.3 Å². The van der Waals surface area contributed by atoms with E-state index >= 15 is 0 Å². The summed E-state index contributed by atoms with van der Waals surface area (Å²) in [5.74, 6) is 0.462. The maximum atomic E-state index is 11.2. The minimum atomic E-state index is -3.23. The van der Waals surface area contributed by atoms with Crippen molar-refractivity contribution in [2.75, 3.05) is 6.26 Å². The minimum absolute atomic E-state index is 0.462. The summed E-state index contributed by atoms with van der Waals surface area (Å²) in [5.41, 5.74) is 0. The fraction of sp³-hybridized carbons (Fsp3) is 0.875. The number of sulfone groups is 1. The Bertz CT molecular complexity index is 310. The molecule has 4 heteroatoms. The number of rotatable bonds is 3. The third kappa shape index (κ3) is 1.78. The van der Waals surface area contributed by atoms with Crippen molar-refractivity contribution in [2.45, 2.75) is 30.9 Å². The van der Waals surface area contributed by atoms with Crippen molar-refractivity contribution in [1.82, 2.24) is 0 Å². The van der Waals surface area contributed by atoms with Gasteiger partial charge in [0.2, 0.25) is 0 Å². The Morgan fingerprint density at radius 3 is 2.33 bits per heavy atom. The van der Waals surface area contributed by atoms with E-state index < -0.39 is 14.6 Å². The lowest BCUT2D eigenvalue weighted by molar-refractivity contribution is 0.543. The molecular formula is C8H13NO2S. The van der Waals surface area contributed by atoms with Crippen LogP contribution < -0.4 is 0 Å². The highest BCUT2D eigenvalue weighted by Crippen LogP contribution is 2.39. The molecule has 0 N–H and O–H groups in total. The molecule has 0 aromatic heterocycles. The summed E-state index contributed by atoms with van der Waals surface area (Å²) in [6.07, 6.45) is 3.79. The molecule has 0 spiro atoms. The van der Waals surface area contributed by atoms with E-state index in [4.69, 9.17) is 5.26 Å². The molecule has 0 aromatic carbocycles. The van der Waals surface area contributed by atoms with Gasteiger partial charge in [0.1, 0.15) is 0 Å². The Balaban J connectivity index is 2.82. The number of hydrogen-bond acceptors (Lipinski definition) is 3. The Morgan fingerprint density at radius 1 is 1.58 bits per heavy atom. The van der Waals surface area contributed by atoms with Crippen LogP contribution in [0.2, 0.25) is 0 Å². The average Bonchev–Trinajstić information content (AvgIpc) is 2.69. The van der Waals surface area contributed by atoms with Crippen molar-refractivity contribution in [3.8, 4) is 6.07 Å². The van der Waals surface area contributed by atoms with Crippen LogP contribution in [0.4, 0.5) is 0 Å². The molecule has 0 aliphatic heterocycles. The van der Waals surface area contributed by atoms with Crippen LogP contribution in [0.1, 0.15) is 26.2 Å². The van der Waals surface area contributed by atoms with Crippen molar-refractivity contribution in [1.29, 1.82) is 5.26 Å². The van der Waals surface area contributed by atoms with Crippen LogP contribution in [-0.4, -0.2) is 19.4 Å². The predicted octanol–water partition coefficient (Wildman–Crippen LogP) is 1.11. The third-order valence-electron chi connectivity index (χ3n) is 2.43. The van der Waals surface area contributed by atoms with Gasteiger partial charge in [-0.15, -0.1) is 0 Å². The maximum absolute atomic E-state index is 11.2. The lowest BCUT2D eigenvalue weighted by Gasteiger charge is -2.18. The molecule has 68 valence electrons. The standard InChI is InChI=1S/C8H13NO2S/c1-8(6-9,12(2,10)11)5-7-3-4-7/h7H,3-5H2,1-2H3. The Hall–Kier alpha value is -0.560. The molecule has 1 rings (SSSR count). The predicted molar refractivity (Wildman–Crippen MR) is 46.2 cm³/mol. The first-order valence-electron chi connectivity index (χ1n) is 4.00. The third-order valence-corrected chi connectivity index (χ3v) is 4.32. The van der Waals surface area contributed by atoms with Crippen molar-refractivity contribution < 1.29 is 8.42 Å². The second-order valence-corrected chi connectivity index (χ2v) is 6.21. The number of nitriles is 1. The highest BCUT2D eigenvalue weighted by molar-refractivity contribution is 7.92. The largest absolute Gasteiger partial charge is 0.227 e. The maximum Gasteiger partial charge on any atom is 0.166 e. The molecule has 0 amide bonds. The molecule has 1 aliphatic carbocycles. The molecule has 3 nitrogen and oxygen atoms in total. The van der Waals surface area contributed by atoms with E-state index in [0.29, 0.717) is 12.3 Å². The van der Waals surface area contributed by atoms with Crippen molar-refractivity contribution in [2.24, 2.45) is 5.92 Å². The van der Waals surface area contributed by atoms with Crippen molar-refractivity contribution in [3.63, 3.8) is 0 Å². The van der Waals surface area contributed by atoms with Crippen LogP contribution in [0.3, 0.4) is 0 Å². The topological polar surface area (TPSA) is 57.9 Å². The Kier molecular flexibility index (Phi) is 2.17. The number of nitrogens with zero attached hydrogens (tertiary/aromatic N) is 1. The zero-order chi connectivity index (χ0) is 9.41. The molecule has 1 unspecified atom stereocenters. The van der Waals surface area contributed by atoms with E-state index in [1.54, 1.807) is 0 Å². The monoisotopic (exact) mass is 187 g/mol. The molecule has 1 aliphatic rings. The first-order valence-corrected chi connectivity index (χ1v) is 5.89. The van der Waals surface area contributed by atoms with E-state index in [1.165, 1.54) is 6.92 Å². The summed E-state index contributed by atoms with van der Waals surface area (Å²) < 4.78 is 21.3. The summed E-state index contributed by atoms with van der Waals surface area (Å²) in [6.45, 7) is 1.51. The van der Waals surface area contributed by atoms with Crippen LogP contribution in [0.25, 0.3) is 0 Å². The summed E-state index contributed by atoms with van der Waals surface area (Å²) in [5, 5.41) is 8.77. The SMILES string of the molecule is CC(C#N)(CC1CC1)S(C)(=O)=O. The zero-order valence-corrected chi connectivity index (χ0v) is 8.19. The van der Waals surface area contributed by atoms with E-state index in [2.05, 4.69) is 0 Å². The van der Waals surface area contributed by atoms with Gasteiger partial charge >= 0.3 is 0 Å². The molecule has 0 aromatic rings. The fourth-order valence-electron chi connectivity index (χ4n) is 1.15. The second-order valence-electron chi connectivity index (χ2n) is 3.76. The molecule has 0 bridgehead atoms. The Morgan fingerprint density at radius 2 is 2.08 bits per heavy atom. The fourth-order valence-corrected chi connectivity index (χ4v) is 1.86. The first kappa shape index (κ1) is 9.53. The van der Waals surface area contributed by atoms with Gasteiger partial charge in [-0.25, -0.2) is 8.42 Å². The van der Waals surface area contributed by atoms with Crippen LogP contribution in [0.5, 0.6) is 0 Å². The summed E-state index contributed by atoms with van der Waals surface area (Å²) in [4.78, 5) is 0. The summed E-state index contributed by atoms with van der Waals surface area (Å²) >= 11 is 0. The smallest absolute Gasteiger partial charge is 0.166 e. The van der Waals surface area contributed by atoms with Crippen molar-refractivity contribution >= 4 is 9.84 Å². The van der Waals surface area contributed by atoms with Gasteiger partial charge in [-0.1, -0.05) is 12.8 Å². The van der Waals surface area contributed by atoms with Gasteiger partial charge in [0.05, 0.1) is 6.07 Å². The van der Waals surface area contributed by atoms with Gasteiger partial charge in [0, 0.05) is 6.26 Å². The highest BCUT2D eigenvalue weighted by Gasteiger charge is 2.41. The molecule has 1 fully saturated rings. The molecular weight excluding hydrogens is 174 g/mol. The summed E-state index contributed by atoms with van der Waals surface area (Å²) in [7, 11) is -3.23. The lowest BCUT2D eigenvalue weighted by Crippen LogP contribution is -2.33. The minimum Gasteiger partial charge on any atom is -0.227 e. The van der Waals surface area contributed by atoms with Gasteiger partial charge in [0.15, 0.2) is 14.6 Å². The van der Waals surface area contributed by atoms with Crippen LogP contribution in [0, 0.1) is 17.2 Å². The lowest BCUT2D eigenvalue weighted by atomic mass is 10.1. The highest BCUT2D eigenvalue weighted by atomic mass is 32.2. The van der Waals surface area contributed by atoms with Crippen LogP contribution >= 0.6 is 0 Å². The van der Waals surface area contributed by atoms with E-state index in [-0.39, 0.29) is 0 Å². The Labute approximate surface area is 73.3 Å². The van der Waals surface area contributed by atoms with E-state index in [1.807, 2.05) is 6.07 Å². The molecule has 1 saturated carbocycles. The van der Waals surface area contributed by atoms with E-state index in [9.17, 15) is 8.42 Å². The molecule has 12 heavy (non-hydrogen) atoms. The molecule has 1 atom stereocenters.